The first-order valence-corrected chi connectivity index (χ1v) is 13.8. The number of benzene rings is 3. The Morgan fingerprint density at radius 3 is 2.23 bits per heavy atom. The summed E-state index contributed by atoms with van der Waals surface area (Å²) in [6.07, 6.45) is 8.25. The van der Waals surface area contributed by atoms with Crippen molar-refractivity contribution in [1.82, 2.24) is 5.32 Å². The molecule has 1 aliphatic heterocycles. The molecule has 0 bridgehead atoms. The van der Waals surface area contributed by atoms with Gasteiger partial charge in [0.15, 0.2) is 5.17 Å². The van der Waals surface area contributed by atoms with Crippen LogP contribution in [0.3, 0.4) is 0 Å². The first kappa shape index (κ1) is 29.2. The van der Waals surface area contributed by atoms with Gasteiger partial charge in [-0.15, -0.1) is 0 Å². The van der Waals surface area contributed by atoms with Crippen LogP contribution < -0.4 is 44.7 Å². The average molecular weight is 549 g/mol. The third-order valence-electron chi connectivity index (χ3n) is 6.77. The summed E-state index contributed by atoms with van der Waals surface area (Å²) in [7, 11) is 0. The molecule has 0 atom stereocenters. The second-order valence-electron chi connectivity index (χ2n) is 9.66. The van der Waals surface area contributed by atoms with Crippen molar-refractivity contribution >= 4 is 40.6 Å². The Balaban J connectivity index is 0.00000353. The fraction of sp³-hybridized carbons (Fsp3) is 0.258. The standard InChI is InChI=1S/C31H30N2O4S.Na/c34-29(35)19-22-8-14-26(15-9-22)32-31-33-30(36)28(38-31)18-21-6-10-24(11-7-21)25-12-16-27(17-13-25)37-20-23-4-2-1-3-5-23;/h6-18,23H,1-5,19-20H2,(H,34,35)(H,32,33,36);/q;+1/p-1. The average Bonchev–Trinajstić information content (AvgIpc) is 3.27. The fourth-order valence-electron chi connectivity index (χ4n) is 4.69. The van der Waals surface area contributed by atoms with Crippen molar-refractivity contribution in [2.75, 3.05) is 6.61 Å². The number of carboxylic acid groups (broad SMARTS) is 1. The summed E-state index contributed by atoms with van der Waals surface area (Å²) in [5.41, 5.74) is 4.40. The van der Waals surface area contributed by atoms with Gasteiger partial charge in [0.25, 0.3) is 5.91 Å². The molecular weight excluding hydrogens is 519 g/mol. The summed E-state index contributed by atoms with van der Waals surface area (Å²) in [5, 5.41) is 14.0. The molecule has 1 N–H and O–H groups in total. The molecule has 1 saturated heterocycles. The van der Waals surface area contributed by atoms with Crippen LogP contribution in [0, 0.1) is 5.92 Å². The van der Waals surface area contributed by atoms with Crippen LogP contribution in [0.1, 0.15) is 43.2 Å². The van der Waals surface area contributed by atoms with Crippen LogP contribution in [0.2, 0.25) is 0 Å². The van der Waals surface area contributed by atoms with Crippen LogP contribution >= 0.6 is 11.8 Å². The summed E-state index contributed by atoms with van der Waals surface area (Å²) in [5.74, 6) is 0.270. The van der Waals surface area contributed by atoms with E-state index in [2.05, 4.69) is 22.4 Å². The zero-order valence-electron chi connectivity index (χ0n) is 22.0. The topological polar surface area (TPSA) is 90.8 Å². The van der Waals surface area contributed by atoms with Gasteiger partial charge in [0.2, 0.25) is 0 Å². The zero-order valence-corrected chi connectivity index (χ0v) is 24.8. The molecule has 0 radical (unpaired) electrons. The molecule has 3 aromatic rings. The number of carbonyl (C=O) groups excluding carboxylic acids is 2. The quantitative estimate of drug-likeness (QED) is 0.345. The molecule has 1 heterocycles. The van der Waals surface area contributed by atoms with Crippen molar-refractivity contribution in [1.29, 1.82) is 0 Å². The number of thioether (sulfide) groups is 1. The molecule has 8 heteroatoms. The molecule has 1 saturated carbocycles. The fourth-order valence-corrected chi connectivity index (χ4v) is 5.53. The monoisotopic (exact) mass is 548 g/mol. The predicted octanol–water partition coefficient (Wildman–Crippen LogP) is 2.50. The number of aliphatic imine (C=N–C) groups is 1. The molecule has 2 fully saturated rings. The number of amidine groups is 1. The molecule has 0 unspecified atom stereocenters. The number of amides is 1. The maximum absolute atomic E-state index is 12.5. The van der Waals surface area contributed by atoms with Gasteiger partial charge in [-0.3, -0.25) is 4.79 Å². The Morgan fingerprint density at radius 1 is 0.949 bits per heavy atom. The maximum atomic E-state index is 12.5. The Bertz CT molecular complexity index is 1350. The van der Waals surface area contributed by atoms with Crippen molar-refractivity contribution < 1.29 is 49.0 Å². The molecule has 194 valence electrons. The molecule has 5 rings (SSSR count). The number of hydrogen-bond acceptors (Lipinski definition) is 6. The van der Waals surface area contributed by atoms with Crippen LogP contribution in [0.15, 0.2) is 82.7 Å². The van der Waals surface area contributed by atoms with Crippen molar-refractivity contribution in [2.45, 2.75) is 38.5 Å². The summed E-state index contributed by atoms with van der Waals surface area (Å²) < 4.78 is 6.02. The smallest absolute Gasteiger partial charge is 0.550 e. The molecule has 0 spiro atoms. The first-order valence-electron chi connectivity index (χ1n) is 12.9. The maximum Gasteiger partial charge on any atom is 1.00 e. The first-order chi connectivity index (χ1) is 18.5. The molecule has 1 aliphatic carbocycles. The zero-order chi connectivity index (χ0) is 26.3. The van der Waals surface area contributed by atoms with Gasteiger partial charge in [0.1, 0.15) is 5.75 Å². The van der Waals surface area contributed by atoms with Gasteiger partial charge in [-0.2, -0.15) is 0 Å². The Morgan fingerprint density at radius 2 is 1.59 bits per heavy atom. The number of nitrogens with one attached hydrogen (secondary N) is 1. The van der Waals surface area contributed by atoms with Gasteiger partial charge < -0.3 is 20.0 Å². The van der Waals surface area contributed by atoms with Gasteiger partial charge in [0, 0.05) is 12.4 Å². The van der Waals surface area contributed by atoms with Crippen LogP contribution in [-0.4, -0.2) is 23.7 Å². The van der Waals surface area contributed by atoms with Gasteiger partial charge in [-0.25, -0.2) is 4.99 Å². The number of rotatable bonds is 8. The van der Waals surface area contributed by atoms with Crippen molar-refractivity contribution in [3.05, 3.63) is 88.8 Å². The van der Waals surface area contributed by atoms with E-state index in [1.807, 2.05) is 42.5 Å². The van der Waals surface area contributed by atoms with Crippen LogP contribution in [-0.2, 0) is 16.0 Å². The van der Waals surface area contributed by atoms with E-state index >= 15 is 0 Å². The van der Waals surface area contributed by atoms with E-state index in [1.165, 1.54) is 43.9 Å². The van der Waals surface area contributed by atoms with E-state index in [0.29, 0.717) is 27.2 Å². The van der Waals surface area contributed by atoms with Gasteiger partial charge in [0.05, 0.1) is 17.2 Å². The van der Waals surface area contributed by atoms with E-state index in [0.717, 1.165) is 29.0 Å². The summed E-state index contributed by atoms with van der Waals surface area (Å²) in [6.45, 7) is 0.803. The summed E-state index contributed by atoms with van der Waals surface area (Å²) in [6, 6.07) is 23.1. The SMILES string of the molecule is O=C([O-])Cc1ccc(N=C2NC(=O)C(=Cc3ccc(-c4ccc(OCC5CCCCC5)cc4)cc3)S2)cc1.[Na+]. The summed E-state index contributed by atoms with van der Waals surface area (Å²) >= 11 is 1.27. The third-order valence-corrected chi connectivity index (χ3v) is 7.68. The molecule has 0 aromatic heterocycles. The number of ether oxygens (including phenoxy) is 1. The minimum atomic E-state index is -1.13. The number of aliphatic carboxylic acids is 1. The summed E-state index contributed by atoms with van der Waals surface area (Å²) in [4.78, 5) is 28.2. The van der Waals surface area contributed by atoms with E-state index in [9.17, 15) is 14.7 Å². The third kappa shape index (κ3) is 8.32. The predicted molar refractivity (Wildman–Crippen MR) is 150 cm³/mol. The van der Waals surface area contributed by atoms with Gasteiger partial charge >= 0.3 is 29.6 Å². The largest absolute Gasteiger partial charge is 1.00 e. The second kappa shape index (κ2) is 14.0. The molecule has 39 heavy (non-hydrogen) atoms. The molecule has 1 amide bonds. The molecule has 2 aliphatic rings. The minimum absolute atomic E-state index is 0. The molecular formula is C31H29N2NaO4S. The minimum Gasteiger partial charge on any atom is -0.550 e. The van der Waals surface area contributed by atoms with Crippen LogP contribution in [0.25, 0.3) is 17.2 Å². The van der Waals surface area contributed by atoms with E-state index in [4.69, 9.17) is 4.74 Å². The Labute approximate surface area is 255 Å². The number of carboxylic acids is 1. The van der Waals surface area contributed by atoms with E-state index in [-0.39, 0.29) is 41.9 Å². The Hall–Kier alpha value is -2.84. The van der Waals surface area contributed by atoms with Gasteiger partial charge in [-0.05, 0) is 83.1 Å². The second-order valence-corrected chi connectivity index (χ2v) is 10.7. The van der Waals surface area contributed by atoms with Gasteiger partial charge in [-0.1, -0.05) is 67.8 Å². The normalized spacial score (nSPS) is 17.6. The van der Waals surface area contributed by atoms with E-state index < -0.39 is 5.97 Å². The molecule has 6 nitrogen and oxygen atoms in total. The van der Waals surface area contributed by atoms with E-state index in [1.54, 1.807) is 24.3 Å². The number of hydrogen-bond donors (Lipinski definition) is 1. The number of nitrogens with zero attached hydrogens (tertiary/aromatic N) is 1. The molecule has 3 aromatic carbocycles. The van der Waals surface area contributed by atoms with Crippen LogP contribution in [0.4, 0.5) is 5.69 Å². The number of carbonyl (C=O) groups is 2. The van der Waals surface area contributed by atoms with Crippen molar-refractivity contribution in [3.63, 3.8) is 0 Å². The van der Waals surface area contributed by atoms with Crippen molar-refractivity contribution in [2.24, 2.45) is 10.9 Å². The Kier molecular flexibility index (Phi) is 10.5. The van der Waals surface area contributed by atoms with Crippen molar-refractivity contribution in [3.8, 4) is 16.9 Å². The van der Waals surface area contributed by atoms with Crippen LogP contribution in [0.5, 0.6) is 5.75 Å².